The third-order valence-electron chi connectivity index (χ3n) is 3.84. The first-order chi connectivity index (χ1) is 16.8. The van der Waals surface area contributed by atoms with Crippen LogP contribution in [-0.2, 0) is 30.6 Å². The van der Waals surface area contributed by atoms with Crippen molar-refractivity contribution < 1.29 is 64.0 Å². The molecule has 0 atom stereocenters. The number of esters is 2. The number of hydrogen-bond donors (Lipinski definition) is 1. The van der Waals surface area contributed by atoms with Gasteiger partial charge in [0.05, 0.1) is 13.2 Å². The van der Waals surface area contributed by atoms with Crippen LogP contribution < -0.4 is 29.6 Å². The Kier molecular flexibility index (Phi) is 21.8. The zero-order chi connectivity index (χ0) is 27.7. The maximum atomic E-state index is 11.3. The second-order valence-corrected chi connectivity index (χ2v) is 9.38. The average molecular weight is 796 g/mol. The summed E-state index contributed by atoms with van der Waals surface area (Å²) in [5.41, 5.74) is 0.722. The molecule has 0 aromatic carbocycles. The van der Waals surface area contributed by atoms with Crippen LogP contribution in [0, 0.1) is 0 Å². The quantitative estimate of drug-likeness (QED) is 0.299. The van der Waals surface area contributed by atoms with Gasteiger partial charge < -0.3 is 20.1 Å². The second kappa shape index (κ2) is 20.0. The van der Waals surface area contributed by atoms with E-state index in [0.717, 1.165) is 0 Å². The molecule has 0 aliphatic heterocycles. The van der Waals surface area contributed by atoms with Crippen molar-refractivity contribution in [3.63, 3.8) is 0 Å². The van der Waals surface area contributed by atoms with Crippen LogP contribution in [0.5, 0.6) is 0 Å². The number of rotatable bonds is 5. The first-order valence-corrected chi connectivity index (χ1v) is 12.9. The normalized spacial score (nSPS) is 9.28. The molecular formula is C20H26Br3Cl2N6NaO7. The number of aromatic carboxylic acids is 1. The number of hydrogen-bond acceptors (Lipinski definition) is 9. The number of ether oxygens (including phenoxy) is 2. The number of aryl methyl sites for hydroxylation is 3. The maximum Gasteiger partial charge on any atom is 1.00 e. The van der Waals surface area contributed by atoms with E-state index in [1.165, 1.54) is 9.36 Å². The molecule has 0 amide bonds. The Bertz CT molecular complexity index is 1250. The summed E-state index contributed by atoms with van der Waals surface area (Å²) in [5.74, 6) is -1.90. The van der Waals surface area contributed by atoms with Crippen molar-refractivity contribution in [1.82, 2.24) is 29.3 Å². The first kappa shape index (κ1) is 42.5. The van der Waals surface area contributed by atoms with Gasteiger partial charge in [0.1, 0.15) is 40.8 Å². The number of aromatic nitrogens is 6. The number of nitrogens with zero attached hydrogens (tertiary/aromatic N) is 6. The molecule has 0 aliphatic carbocycles. The Morgan fingerprint density at radius 1 is 0.846 bits per heavy atom. The molecule has 39 heavy (non-hydrogen) atoms. The number of carboxylic acids is 1. The molecule has 0 saturated carbocycles. The second-order valence-electron chi connectivity index (χ2n) is 6.41. The van der Waals surface area contributed by atoms with E-state index in [1.807, 2.05) is 0 Å². The van der Waals surface area contributed by atoms with Gasteiger partial charge in [0, 0.05) is 27.3 Å². The molecule has 3 heterocycles. The van der Waals surface area contributed by atoms with Gasteiger partial charge in [-0.1, -0.05) is 30.6 Å². The molecular weight excluding hydrogens is 770 g/mol. The third kappa shape index (κ3) is 12.2. The molecule has 214 valence electrons. The van der Waals surface area contributed by atoms with E-state index in [4.69, 9.17) is 37.8 Å². The van der Waals surface area contributed by atoms with Crippen molar-refractivity contribution in [3.05, 3.63) is 47.0 Å². The third-order valence-corrected chi connectivity index (χ3v) is 6.40. The van der Waals surface area contributed by atoms with Crippen LogP contribution in [-0.4, -0.2) is 71.0 Å². The first-order valence-electron chi connectivity index (χ1n) is 9.79. The monoisotopic (exact) mass is 792 g/mol. The molecule has 19 heteroatoms. The molecule has 2 N–H and O–H groups in total. The van der Waals surface area contributed by atoms with E-state index < -0.39 is 11.9 Å². The van der Waals surface area contributed by atoms with Gasteiger partial charge in [-0.15, -0.1) is 0 Å². The van der Waals surface area contributed by atoms with Crippen LogP contribution in [0.2, 0.25) is 10.3 Å². The van der Waals surface area contributed by atoms with Crippen LogP contribution in [0.25, 0.3) is 0 Å². The minimum Gasteiger partial charge on any atom is -0.870 e. The van der Waals surface area contributed by atoms with Crippen LogP contribution >= 0.6 is 71.0 Å². The summed E-state index contributed by atoms with van der Waals surface area (Å²) in [6, 6.07) is 0. The average Bonchev–Trinajstić information content (AvgIpc) is 3.34. The number of carbonyl (C=O) groups is 3. The van der Waals surface area contributed by atoms with Crippen molar-refractivity contribution in [2.45, 2.75) is 21.3 Å². The summed E-state index contributed by atoms with van der Waals surface area (Å²) in [5, 5.41) is 20.6. The molecule has 0 bridgehead atoms. The van der Waals surface area contributed by atoms with Gasteiger partial charge in [-0.2, -0.15) is 15.3 Å². The van der Waals surface area contributed by atoms with E-state index in [9.17, 15) is 14.4 Å². The Hall–Kier alpha value is -0.980. The van der Waals surface area contributed by atoms with Crippen LogP contribution in [0.1, 0.15) is 52.3 Å². The van der Waals surface area contributed by atoms with Gasteiger partial charge in [0.25, 0.3) is 0 Å². The summed E-state index contributed by atoms with van der Waals surface area (Å²) in [6.07, 6.45) is 1.61. The largest absolute Gasteiger partial charge is 1.00 e. The summed E-state index contributed by atoms with van der Waals surface area (Å²) in [7, 11) is 4.96. The topological polar surface area (TPSA) is 173 Å². The van der Waals surface area contributed by atoms with Crippen molar-refractivity contribution in [1.29, 1.82) is 0 Å². The van der Waals surface area contributed by atoms with Gasteiger partial charge in [-0.3, -0.25) is 14.0 Å². The number of carboxylic acid groups (broad SMARTS) is 1. The fraction of sp³-hybridized carbons (Fsp3) is 0.400. The smallest absolute Gasteiger partial charge is 0.870 e. The minimum absolute atomic E-state index is 0. The molecule has 13 nitrogen and oxygen atoms in total. The summed E-state index contributed by atoms with van der Waals surface area (Å²) in [6.45, 7) is 4.19. The van der Waals surface area contributed by atoms with Gasteiger partial charge in [-0.05, 0) is 61.6 Å². The Morgan fingerprint density at radius 3 is 1.54 bits per heavy atom. The fourth-order valence-corrected chi connectivity index (χ4v) is 4.64. The van der Waals surface area contributed by atoms with Crippen LogP contribution in [0.3, 0.4) is 0 Å². The molecule has 0 fully saturated rings. The van der Waals surface area contributed by atoms with E-state index in [0.29, 0.717) is 28.0 Å². The van der Waals surface area contributed by atoms with Crippen LogP contribution in [0.15, 0.2) is 20.0 Å². The number of halogens is 5. The van der Waals surface area contributed by atoms with Crippen molar-refractivity contribution >= 4 is 88.9 Å². The standard InChI is InChI=1S/C7H8BrClN2O2.C7H9BrN2O2.C5H4BrClN2O2.CH4.Na.H2O/c1-3-13-7(12)4-5(8)10-11(2)6(4)9;1-3-12-7(11)5-4-10(2)9-6(5)8;1-9-4(7)2(5(10)11)3(6)8-9;;;/h3H2,1-2H3;4H,3H2,1-2H3;1H3,(H,10,11);1H4;;1H2/q;;;;+1;/p-1. The van der Waals surface area contributed by atoms with E-state index in [1.54, 1.807) is 45.9 Å². The Labute approximate surface area is 282 Å². The molecule has 3 aromatic heterocycles. The Morgan fingerprint density at radius 2 is 1.26 bits per heavy atom. The molecule has 0 radical (unpaired) electrons. The van der Waals surface area contributed by atoms with Crippen molar-refractivity contribution in [2.75, 3.05) is 13.2 Å². The van der Waals surface area contributed by atoms with Crippen LogP contribution in [0.4, 0.5) is 0 Å². The molecule has 0 saturated heterocycles. The minimum atomic E-state index is -1.09. The Balaban J connectivity index is -0.000000481. The van der Waals surface area contributed by atoms with Gasteiger partial charge in [0.15, 0.2) is 0 Å². The van der Waals surface area contributed by atoms with E-state index >= 15 is 0 Å². The van der Waals surface area contributed by atoms with Crippen molar-refractivity contribution in [2.24, 2.45) is 21.1 Å². The van der Waals surface area contributed by atoms with E-state index in [-0.39, 0.29) is 74.5 Å². The SMILES string of the molecule is C.CCOC(=O)c1c(Br)nn(C)c1Cl.CCOC(=O)c1cn(C)nc1Br.Cn1nc(Br)c(C(=O)O)c1Cl.[Na+].[OH-]. The fourth-order valence-electron chi connectivity index (χ4n) is 2.30. The predicted octanol–water partition coefficient (Wildman–Crippen LogP) is 2.37. The maximum absolute atomic E-state index is 11.3. The van der Waals surface area contributed by atoms with Gasteiger partial charge in [0.2, 0.25) is 0 Å². The predicted molar refractivity (Wildman–Crippen MR) is 150 cm³/mol. The molecule has 0 spiro atoms. The molecule has 3 rings (SSSR count). The van der Waals surface area contributed by atoms with Crippen molar-refractivity contribution in [3.8, 4) is 0 Å². The molecule has 0 aliphatic rings. The van der Waals surface area contributed by atoms with Gasteiger partial charge >= 0.3 is 47.5 Å². The molecule has 3 aromatic rings. The summed E-state index contributed by atoms with van der Waals surface area (Å²) in [4.78, 5) is 33.0. The molecule has 0 unspecified atom stereocenters. The van der Waals surface area contributed by atoms with Gasteiger partial charge in [-0.25, -0.2) is 14.4 Å². The number of carbonyl (C=O) groups excluding carboxylic acids is 2. The summed E-state index contributed by atoms with van der Waals surface area (Å²) >= 11 is 20.7. The van der Waals surface area contributed by atoms with E-state index in [2.05, 4.69) is 63.1 Å². The zero-order valence-electron chi connectivity index (χ0n) is 21.0. The zero-order valence-corrected chi connectivity index (χ0v) is 29.3. The summed E-state index contributed by atoms with van der Waals surface area (Å²) < 4.78 is 15.0.